The lowest BCUT2D eigenvalue weighted by atomic mass is 10.2. The zero-order valence-electron chi connectivity index (χ0n) is 10.2. The highest BCUT2D eigenvalue weighted by molar-refractivity contribution is 5.04. The molecule has 16 heavy (non-hydrogen) atoms. The molecule has 0 aliphatic heterocycles. The minimum atomic E-state index is 0.732. The summed E-state index contributed by atoms with van der Waals surface area (Å²) in [7, 11) is 0. The maximum atomic E-state index is 3.83. The van der Waals surface area contributed by atoms with E-state index >= 15 is 0 Å². The third kappa shape index (κ3) is 6.48. The molecule has 0 bridgehead atoms. The maximum absolute atomic E-state index is 3.83. The highest BCUT2D eigenvalue weighted by Gasteiger charge is 1.93. The van der Waals surface area contributed by atoms with Gasteiger partial charge in [-0.1, -0.05) is 13.8 Å². The van der Waals surface area contributed by atoms with Crippen LogP contribution in [0.3, 0.4) is 0 Å². The van der Waals surface area contributed by atoms with Crippen molar-refractivity contribution in [2.45, 2.75) is 26.8 Å². The van der Waals surface area contributed by atoms with Crippen LogP contribution in [0.15, 0.2) is 18.5 Å². The molecule has 0 atom stereocenters. The van der Waals surface area contributed by atoms with Gasteiger partial charge in [0.1, 0.15) is 0 Å². The Kier molecular flexibility index (Phi) is 6.69. The van der Waals surface area contributed by atoms with Crippen molar-refractivity contribution in [1.82, 2.24) is 20.8 Å². The van der Waals surface area contributed by atoms with Gasteiger partial charge in [0.25, 0.3) is 0 Å². The van der Waals surface area contributed by atoms with Crippen LogP contribution in [-0.2, 0) is 6.54 Å². The average molecular weight is 222 g/mol. The van der Waals surface area contributed by atoms with Crippen LogP contribution in [0.2, 0.25) is 0 Å². The lowest BCUT2D eigenvalue weighted by molar-refractivity contribution is 0.530. The fourth-order valence-electron chi connectivity index (χ4n) is 1.38. The van der Waals surface area contributed by atoms with Crippen molar-refractivity contribution < 1.29 is 0 Å². The highest BCUT2D eigenvalue weighted by atomic mass is 15.1. The summed E-state index contributed by atoms with van der Waals surface area (Å²) in [6, 6.07) is 1.98. The second-order valence-corrected chi connectivity index (χ2v) is 4.38. The Morgan fingerprint density at radius 1 is 1.19 bits per heavy atom. The topological polar surface area (TPSA) is 49.8 Å². The molecule has 1 aromatic rings. The summed E-state index contributed by atoms with van der Waals surface area (Å²) in [6.45, 7) is 8.55. The van der Waals surface area contributed by atoms with Crippen molar-refractivity contribution in [3.8, 4) is 0 Å². The van der Waals surface area contributed by atoms with E-state index in [4.69, 9.17) is 0 Å². The number of nitrogens with one attached hydrogen (secondary N) is 2. The molecule has 0 fully saturated rings. The molecule has 0 saturated heterocycles. The maximum Gasteiger partial charge on any atom is 0.0541 e. The first-order valence-corrected chi connectivity index (χ1v) is 5.96. The summed E-state index contributed by atoms with van der Waals surface area (Å²) < 4.78 is 0. The van der Waals surface area contributed by atoms with E-state index in [1.807, 2.05) is 6.07 Å². The van der Waals surface area contributed by atoms with Gasteiger partial charge < -0.3 is 10.6 Å². The van der Waals surface area contributed by atoms with Crippen LogP contribution in [0.4, 0.5) is 0 Å². The van der Waals surface area contributed by atoms with Crippen molar-refractivity contribution >= 4 is 0 Å². The number of hydrogen-bond acceptors (Lipinski definition) is 4. The molecule has 1 rings (SSSR count). The molecule has 0 saturated carbocycles. The predicted octanol–water partition coefficient (Wildman–Crippen LogP) is 1.20. The largest absolute Gasteiger partial charge is 0.316 e. The van der Waals surface area contributed by atoms with Crippen molar-refractivity contribution in [3.63, 3.8) is 0 Å². The second-order valence-electron chi connectivity index (χ2n) is 4.38. The molecule has 0 amide bonds. The lowest BCUT2D eigenvalue weighted by Gasteiger charge is -2.07. The summed E-state index contributed by atoms with van der Waals surface area (Å²) in [5.41, 5.74) is 1.19. The van der Waals surface area contributed by atoms with Crippen molar-refractivity contribution in [1.29, 1.82) is 0 Å². The predicted molar refractivity (Wildman–Crippen MR) is 66.1 cm³/mol. The molecule has 0 radical (unpaired) electrons. The van der Waals surface area contributed by atoms with Gasteiger partial charge in [0, 0.05) is 12.7 Å². The molecular weight excluding hydrogens is 200 g/mol. The standard InChI is InChI=1S/C12H22N4/c1-11(2)8-13-5-3-6-14-9-12-4-7-15-16-10-12/h4,7,10-11,13-14H,3,5-6,8-9H2,1-2H3. The van der Waals surface area contributed by atoms with Crippen LogP contribution < -0.4 is 10.6 Å². The number of hydrogen-bond donors (Lipinski definition) is 2. The molecular formula is C12H22N4. The summed E-state index contributed by atoms with van der Waals surface area (Å²) in [5.74, 6) is 0.732. The quantitative estimate of drug-likeness (QED) is 0.649. The van der Waals surface area contributed by atoms with Gasteiger partial charge in [0.15, 0.2) is 0 Å². The van der Waals surface area contributed by atoms with Gasteiger partial charge in [-0.05, 0) is 43.6 Å². The summed E-state index contributed by atoms with van der Waals surface area (Å²) in [4.78, 5) is 0. The second kappa shape index (κ2) is 8.19. The van der Waals surface area contributed by atoms with Gasteiger partial charge in [-0.3, -0.25) is 0 Å². The molecule has 4 heteroatoms. The van der Waals surface area contributed by atoms with E-state index in [9.17, 15) is 0 Å². The normalized spacial score (nSPS) is 10.9. The van der Waals surface area contributed by atoms with E-state index in [1.54, 1.807) is 12.4 Å². The van der Waals surface area contributed by atoms with Gasteiger partial charge in [-0.2, -0.15) is 10.2 Å². The Morgan fingerprint density at radius 2 is 2.00 bits per heavy atom. The monoisotopic (exact) mass is 222 g/mol. The third-order valence-electron chi connectivity index (χ3n) is 2.23. The first-order chi connectivity index (χ1) is 7.79. The summed E-state index contributed by atoms with van der Waals surface area (Å²) in [5, 5.41) is 14.4. The molecule has 0 aliphatic carbocycles. The first kappa shape index (κ1) is 13.1. The van der Waals surface area contributed by atoms with Gasteiger partial charge in [0.05, 0.1) is 6.20 Å². The van der Waals surface area contributed by atoms with E-state index in [-0.39, 0.29) is 0 Å². The van der Waals surface area contributed by atoms with Crippen molar-refractivity contribution in [2.24, 2.45) is 5.92 Å². The molecule has 0 aromatic carbocycles. The zero-order valence-corrected chi connectivity index (χ0v) is 10.2. The minimum Gasteiger partial charge on any atom is -0.316 e. The summed E-state index contributed by atoms with van der Waals surface area (Å²) in [6.07, 6.45) is 4.68. The smallest absolute Gasteiger partial charge is 0.0541 e. The van der Waals surface area contributed by atoms with E-state index in [1.165, 1.54) is 5.56 Å². The number of aromatic nitrogens is 2. The zero-order chi connectivity index (χ0) is 11.6. The van der Waals surface area contributed by atoms with Crippen LogP contribution in [0, 0.1) is 5.92 Å². The van der Waals surface area contributed by atoms with E-state index in [2.05, 4.69) is 34.7 Å². The Labute approximate surface area is 97.9 Å². The fraction of sp³-hybridized carbons (Fsp3) is 0.667. The average Bonchev–Trinajstić information content (AvgIpc) is 2.29. The Hall–Kier alpha value is -1.00. The Morgan fingerprint density at radius 3 is 2.69 bits per heavy atom. The van der Waals surface area contributed by atoms with Crippen LogP contribution in [-0.4, -0.2) is 29.8 Å². The highest BCUT2D eigenvalue weighted by Crippen LogP contribution is 1.92. The van der Waals surface area contributed by atoms with E-state index < -0.39 is 0 Å². The molecule has 90 valence electrons. The van der Waals surface area contributed by atoms with Gasteiger partial charge in [-0.25, -0.2) is 0 Å². The van der Waals surface area contributed by atoms with Crippen LogP contribution in [0.5, 0.6) is 0 Å². The van der Waals surface area contributed by atoms with Gasteiger partial charge >= 0.3 is 0 Å². The van der Waals surface area contributed by atoms with Crippen LogP contribution >= 0.6 is 0 Å². The fourth-order valence-corrected chi connectivity index (χ4v) is 1.38. The number of nitrogens with zero attached hydrogens (tertiary/aromatic N) is 2. The molecule has 1 aromatic heterocycles. The van der Waals surface area contributed by atoms with E-state index in [0.29, 0.717) is 0 Å². The molecule has 2 N–H and O–H groups in total. The van der Waals surface area contributed by atoms with Crippen LogP contribution in [0.1, 0.15) is 25.8 Å². The third-order valence-corrected chi connectivity index (χ3v) is 2.23. The Balaban J connectivity index is 1.93. The molecule has 1 heterocycles. The van der Waals surface area contributed by atoms with Crippen molar-refractivity contribution in [3.05, 3.63) is 24.0 Å². The number of rotatable bonds is 8. The molecule has 0 spiro atoms. The molecule has 4 nitrogen and oxygen atoms in total. The van der Waals surface area contributed by atoms with Gasteiger partial charge in [0.2, 0.25) is 0 Å². The van der Waals surface area contributed by atoms with Gasteiger partial charge in [-0.15, -0.1) is 0 Å². The molecule has 0 aliphatic rings. The molecule has 0 unspecified atom stereocenters. The van der Waals surface area contributed by atoms with E-state index in [0.717, 1.165) is 38.5 Å². The summed E-state index contributed by atoms with van der Waals surface area (Å²) >= 11 is 0. The first-order valence-electron chi connectivity index (χ1n) is 5.96. The Bertz CT molecular complexity index is 261. The minimum absolute atomic E-state index is 0.732. The van der Waals surface area contributed by atoms with Crippen molar-refractivity contribution in [2.75, 3.05) is 19.6 Å². The SMILES string of the molecule is CC(C)CNCCCNCc1ccnnc1. The van der Waals surface area contributed by atoms with Crippen LogP contribution in [0.25, 0.3) is 0 Å². The lowest BCUT2D eigenvalue weighted by Crippen LogP contribution is -2.24.